The van der Waals surface area contributed by atoms with Crippen molar-refractivity contribution in [3.8, 4) is 0 Å². The van der Waals surface area contributed by atoms with Crippen LogP contribution < -0.4 is 5.32 Å². The molecular weight excluding hydrogens is 238 g/mol. The Bertz CT molecular complexity index is 420. The number of carboxylic acids is 1. The molecule has 1 aromatic rings. The predicted molar refractivity (Wildman–Crippen MR) is 67.4 cm³/mol. The first-order valence-corrected chi connectivity index (χ1v) is 6.42. The Kier molecular flexibility index (Phi) is 5.03. The van der Waals surface area contributed by atoms with Crippen LogP contribution in [0.4, 0.5) is 0 Å². The number of hydrogen-bond donors (Lipinski definition) is 2. The van der Waals surface area contributed by atoms with E-state index in [-0.39, 0.29) is 18.4 Å². The normalized spacial score (nSPS) is 11.9. The number of nitrogens with one attached hydrogen (secondary N) is 1. The Labute approximate surface area is 104 Å². The molecule has 0 spiro atoms. The molecule has 0 aliphatic carbocycles. The number of thioether (sulfide) groups is 1. The number of carbonyl (C=O) groups excluding carboxylic acids is 1. The highest BCUT2D eigenvalue weighted by Gasteiger charge is 2.14. The fraction of sp³-hybridized carbons (Fsp3) is 0.333. The molecule has 2 N–H and O–H groups in total. The van der Waals surface area contributed by atoms with Gasteiger partial charge in [0.05, 0.1) is 12.0 Å². The van der Waals surface area contributed by atoms with Gasteiger partial charge in [-0.1, -0.05) is 12.1 Å². The lowest BCUT2D eigenvalue weighted by molar-refractivity contribution is -0.137. The minimum atomic E-state index is -0.920. The van der Waals surface area contributed by atoms with E-state index < -0.39 is 5.97 Å². The van der Waals surface area contributed by atoms with Crippen LogP contribution in [0.15, 0.2) is 29.2 Å². The van der Waals surface area contributed by atoms with Gasteiger partial charge < -0.3 is 10.4 Å². The average molecular weight is 253 g/mol. The third kappa shape index (κ3) is 4.11. The van der Waals surface area contributed by atoms with Crippen molar-refractivity contribution < 1.29 is 14.7 Å². The summed E-state index contributed by atoms with van der Waals surface area (Å²) in [6, 6.07) is 6.87. The summed E-state index contributed by atoms with van der Waals surface area (Å²) in [7, 11) is 0. The van der Waals surface area contributed by atoms with Crippen molar-refractivity contribution in [3.05, 3.63) is 29.8 Å². The number of hydrogen-bond acceptors (Lipinski definition) is 3. The SMILES string of the molecule is CSc1ccccc1C(=O)NC(C)CC(=O)O. The number of carbonyl (C=O) groups is 2. The number of benzene rings is 1. The molecule has 0 bridgehead atoms. The summed E-state index contributed by atoms with van der Waals surface area (Å²) >= 11 is 1.49. The second-order valence-electron chi connectivity index (χ2n) is 3.67. The van der Waals surface area contributed by atoms with E-state index in [1.807, 2.05) is 18.4 Å². The summed E-state index contributed by atoms with van der Waals surface area (Å²) in [6.07, 6.45) is 1.82. The maximum absolute atomic E-state index is 11.9. The van der Waals surface area contributed by atoms with Crippen LogP contribution in [0.5, 0.6) is 0 Å². The Hall–Kier alpha value is -1.49. The number of rotatable bonds is 5. The van der Waals surface area contributed by atoms with Crippen LogP contribution in [0.1, 0.15) is 23.7 Å². The fourth-order valence-corrected chi connectivity index (χ4v) is 2.04. The zero-order valence-electron chi connectivity index (χ0n) is 9.77. The predicted octanol–water partition coefficient (Wildman–Crippen LogP) is 2.00. The molecule has 4 nitrogen and oxygen atoms in total. The van der Waals surface area contributed by atoms with Crippen molar-refractivity contribution in [2.24, 2.45) is 0 Å². The van der Waals surface area contributed by atoms with Gasteiger partial charge in [0.2, 0.25) is 0 Å². The maximum atomic E-state index is 11.9. The number of carboxylic acid groups (broad SMARTS) is 1. The lowest BCUT2D eigenvalue weighted by Gasteiger charge is -2.13. The van der Waals surface area contributed by atoms with Crippen molar-refractivity contribution in [3.63, 3.8) is 0 Å². The fourth-order valence-electron chi connectivity index (χ4n) is 1.45. The largest absolute Gasteiger partial charge is 0.481 e. The molecule has 0 aromatic heterocycles. The number of aliphatic carboxylic acids is 1. The molecule has 1 amide bonds. The lowest BCUT2D eigenvalue weighted by atomic mass is 10.2. The van der Waals surface area contributed by atoms with Crippen LogP contribution in [-0.2, 0) is 4.79 Å². The standard InChI is InChI=1S/C12H15NO3S/c1-8(7-11(14)15)13-12(16)9-5-3-4-6-10(9)17-2/h3-6,8H,7H2,1-2H3,(H,13,16)(H,14,15). The average Bonchev–Trinajstić information content (AvgIpc) is 2.27. The van der Waals surface area contributed by atoms with E-state index in [4.69, 9.17) is 5.11 Å². The van der Waals surface area contributed by atoms with Crippen LogP contribution in [0.25, 0.3) is 0 Å². The Morgan fingerprint density at radius 1 is 1.41 bits per heavy atom. The number of amides is 1. The lowest BCUT2D eigenvalue weighted by Crippen LogP contribution is -2.34. The van der Waals surface area contributed by atoms with Gasteiger partial charge in [-0.25, -0.2) is 0 Å². The summed E-state index contributed by atoms with van der Waals surface area (Å²) in [5.74, 6) is -1.15. The van der Waals surface area contributed by atoms with Crippen molar-refractivity contribution in [1.82, 2.24) is 5.32 Å². The molecule has 17 heavy (non-hydrogen) atoms. The van der Waals surface area contributed by atoms with Crippen LogP contribution in [0.3, 0.4) is 0 Å². The molecule has 1 atom stereocenters. The topological polar surface area (TPSA) is 66.4 Å². The van der Waals surface area contributed by atoms with Crippen LogP contribution in [0.2, 0.25) is 0 Å². The van der Waals surface area contributed by atoms with Gasteiger partial charge in [-0.3, -0.25) is 9.59 Å². The molecular formula is C12H15NO3S. The van der Waals surface area contributed by atoms with Crippen molar-refractivity contribution in [2.75, 3.05) is 6.26 Å². The Morgan fingerprint density at radius 3 is 2.65 bits per heavy atom. The Morgan fingerprint density at radius 2 is 2.06 bits per heavy atom. The van der Waals surface area contributed by atoms with E-state index >= 15 is 0 Å². The van der Waals surface area contributed by atoms with Gasteiger partial charge in [0.25, 0.3) is 5.91 Å². The third-order valence-electron chi connectivity index (χ3n) is 2.21. The van der Waals surface area contributed by atoms with E-state index in [0.29, 0.717) is 5.56 Å². The molecule has 5 heteroatoms. The molecule has 1 aromatic carbocycles. The molecule has 1 unspecified atom stereocenters. The van der Waals surface area contributed by atoms with Gasteiger partial charge in [-0.15, -0.1) is 11.8 Å². The Balaban J connectivity index is 2.72. The molecule has 0 saturated carbocycles. The highest BCUT2D eigenvalue weighted by Crippen LogP contribution is 2.19. The molecule has 92 valence electrons. The van der Waals surface area contributed by atoms with Gasteiger partial charge in [0.15, 0.2) is 0 Å². The second-order valence-corrected chi connectivity index (χ2v) is 4.52. The van der Waals surface area contributed by atoms with E-state index in [1.165, 1.54) is 11.8 Å². The molecule has 0 aliphatic heterocycles. The zero-order valence-corrected chi connectivity index (χ0v) is 10.6. The molecule has 0 saturated heterocycles. The van der Waals surface area contributed by atoms with Crippen LogP contribution in [0, 0.1) is 0 Å². The van der Waals surface area contributed by atoms with Crippen LogP contribution >= 0.6 is 11.8 Å². The van der Waals surface area contributed by atoms with Gasteiger partial charge in [0.1, 0.15) is 0 Å². The smallest absolute Gasteiger partial charge is 0.305 e. The highest BCUT2D eigenvalue weighted by molar-refractivity contribution is 7.98. The molecule has 0 aliphatic rings. The first-order chi connectivity index (χ1) is 8.04. The summed E-state index contributed by atoms with van der Waals surface area (Å²) in [5, 5.41) is 11.3. The maximum Gasteiger partial charge on any atom is 0.305 e. The van der Waals surface area contributed by atoms with E-state index in [0.717, 1.165) is 4.90 Å². The molecule has 1 rings (SSSR count). The van der Waals surface area contributed by atoms with Crippen molar-refractivity contribution in [2.45, 2.75) is 24.3 Å². The second kappa shape index (κ2) is 6.30. The quantitative estimate of drug-likeness (QED) is 0.788. The first-order valence-electron chi connectivity index (χ1n) is 5.20. The molecule has 0 fully saturated rings. The summed E-state index contributed by atoms with van der Waals surface area (Å²) < 4.78 is 0. The highest BCUT2D eigenvalue weighted by atomic mass is 32.2. The minimum absolute atomic E-state index is 0.0762. The van der Waals surface area contributed by atoms with Gasteiger partial charge >= 0.3 is 5.97 Å². The monoisotopic (exact) mass is 253 g/mol. The molecule has 0 radical (unpaired) electrons. The zero-order chi connectivity index (χ0) is 12.8. The molecule has 0 heterocycles. The first kappa shape index (κ1) is 13.6. The van der Waals surface area contributed by atoms with E-state index in [9.17, 15) is 9.59 Å². The van der Waals surface area contributed by atoms with Crippen molar-refractivity contribution in [1.29, 1.82) is 0 Å². The minimum Gasteiger partial charge on any atom is -0.481 e. The third-order valence-corrected chi connectivity index (χ3v) is 3.01. The summed E-state index contributed by atoms with van der Waals surface area (Å²) in [6.45, 7) is 1.67. The van der Waals surface area contributed by atoms with Gasteiger partial charge in [0, 0.05) is 10.9 Å². The van der Waals surface area contributed by atoms with E-state index in [1.54, 1.807) is 19.1 Å². The summed E-state index contributed by atoms with van der Waals surface area (Å²) in [5.41, 5.74) is 0.581. The van der Waals surface area contributed by atoms with E-state index in [2.05, 4.69) is 5.32 Å². The summed E-state index contributed by atoms with van der Waals surface area (Å²) in [4.78, 5) is 23.3. The van der Waals surface area contributed by atoms with Crippen LogP contribution in [-0.4, -0.2) is 29.3 Å². The van der Waals surface area contributed by atoms with Gasteiger partial charge in [-0.05, 0) is 25.3 Å². The van der Waals surface area contributed by atoms with Crippen molar-refractivity contribution >= 4 is 23.6 Å². The van der Waals surface area contributed by atoms with Gasteiger partial charge in [-0.2, -0.15) is 0 Å².